The third-order valence-electron chi connectivity index (χ3n) is 4.03. The van der Waals surface area contributed by atoms with Crippen LogP contribution in [0.4, 0.5) is 13.2 Å². The van der Waals surface area contributed by atoms with E-state index in [1.165, 1.54) is 12.3 Å². The maximum absolute atomic E-state index is 12.6. The molecule has 0 saturated carbocycles. The number of hydrogen-bond acceptors (Lipinski definition) is 4. The summed E-state index contributed by atoms with van der Waals surface area (Å²) < 4.78 is 41.1. The number of pyridine rings is 2. The highest BCUT2D eigenvalue weighted by Crippen LogP contribution is 2.33. The van der Waals surface area contributed by atoms with Crippen LogP contribution in [0.2, 0.25) is 0 Å². The van der Waals surface area contributed by atoms with Gasteiger partial charge in [0, 0.05) is 42.3 Å². The molecule has 0 aliphatic carbocycles. The Labute approximate surface area is 142 Å². The van der Waals surface area contributed by atoms with Crippen LogP contribution in [0, 0.1) is 0 Å². The van der Waals surface area contributed by atoms with Crippen LogP contribution in [0.5, 0.6) is 5.88 Å². The van der Waals surface area contributed by atoms with E-state index in [1.54, 1.807) is 29.4 Å². The Bertz CT molecular complexity index is 762. The first-order valence-corrected chi connectivity index (χ1v) is 7.78. The number of hydrogen-bond donors (Lipinski definition) is 0. The topological polar surface area (TPSA) is 55.3 Å². The van der Waals surface area contributed by atoms with Crippen LogP contribution >= 0.6 is 0 Å². The normalized spacial score (nSPS) is 15.2. The van der Waals surface area contributed by atoms with Crippen LogP contribution in [-0.4, -0.2) is 33.6 Å². The van der Waals surface area contributed by atoms with Gasteiger partial charge in [-0.15, -0.1) is 0 Å². The van der Waals surface area contributed by atoms with E-state index >= 15 is 0 Å². The predicted molar refractivity (Wildman–Crippen MR) is 82.9 cm³/mol. The van der Waals surface area contributed by atoms with Gasteiger partial charge in [-0.2, -0.15) is 13.2 Å². The fourth-order valence-electron chi connectivity index (χ4n) is 2.89. The minimum atomic E-state index is -4.41. The molecule has 0 radical (unpaired) electrons. The summed E-state index contributed by atoms with van der Waals surface area (Å²) in [5.74, 6) is -0.183. The second-order valence-electron chi connectivity index (χ2n) is 5.72. The van der Waals surface area contributed by atoms with Gasteiger partial charge in [-0.25, -0.2) is 4.98 Å². The Kier molecular flexibility index (Phi) is 4.61. The van der Waals surface area contributed by atoms with E-state index in [-0.39, 0.29) is 17.8 Å². The van der Waals surface area contributed by atoms with Gasteiger partial charge in [0.05, 0.1) is 6.04 Å². The van der Waals surface area contributed by atoms with Gasteiger partial charge in [-0.3, -0.25) is 9.78 Å². The van der Waals surface area contributed by atoms with Crippen LogP contribution < -0.4 is 4.74 Å². The zero-order valence-electron chi connectivity index (χ0n) is 13.5. The lowest BCUT2D eigenvalue weighted by atomic mass is 10.1. The Hall–Kier alpha value is -2.64. The van der Waals surface area contributed by atoms with Crippen LogP contribution in [0.1, 0.15) is 40.9 Å². The van der Waals surface area contributed by atoms with Crippen molar-refractivity contribution in [3.05, 3.63) is 53.5 Å². The van der Waals surface area contributed by atoms with Crippen molar-refractivity contribution in [3.8, 4) is 5.88 Å². The number of rotatable bonds is 5. The molecule has 0 saturated heterocycles. The molecule has 0 spiro atoms. The molecule has 3 rings (SSSR count). The summed E-state index contributed by atoms with van der Waals surface area (Å²) >= 11 is 0. The van der Waals surface area contributed by atoms with E-state index in [0.29, 0.717) is 18.5 Å². The van der Waals surface area contributed by atoms with Gasteiger partial charge in [0.15, 0.2) is 6.61 Å². The molecule has 1 unspecified atom stereocenters. The number of nitrogens with zero attached hydrogens (tertiary/aromatic N) is 3. The van der Waals surface area contributed by atoms with Crippen LogP contribution in [-0.2, 0) is 6.54 Å². The molecule has 0 bridgehead atoms. The van der Waals surface area contributed by atoms with Crippen LogP contribution in [0.3, 0.4) is 0 Å². The molecule has 25 heavy (non-hydrogen) atoms. The lowest BCUT2D eigenvalue weighted by Gasteiger charge is -2.27. The average Bonchev–Trinajstić information content (AvgIpc) is 2.91. The van der Waals surface area contributed by atoms with Gasteiger partial charge in [0.25, 0.3) is 5.91 Å². The first-order chi connectivity index (χ1) is 11.9. The molecule has 5 nitrogen and oxygen atoms in total. The molecule has 132 valence electrons. The van der Waals surface area contributed by atoms with Crippen molar-refractivity contribution in [1.29, 1.82) is 0 Å². The van der Waals surface area contributed by atoms with Crippen molar-refractivity contribution in [2.24, 2.45) is 0 Å². The highest BCUT2D eigenvalue weighted by molar-refractivity contribution is 5.98. The second-order valence-corrected chi connectivity index (χ2v) is 5.72. The molecule has 2 aromatic rings. The Balaban J connectivity index is 1.75. The number of aromatic nitrogens is 2. The van der Waals surface area contributed by atoms with Crippen molar-refractivity contribution in [2.75, 3.05) is 6.61 Å². The number of halogens is 3. The predicted octanol–water partition coefficient (Wildman–Crippen LogP) is 3.52. The SMILES string of the molecule is CCC(c1ccc(OCC(F)(F)F)nc1)N1Cc2cnccc2C1=O. The number of carbonyl (C=O) groups is 1. The van der Waals surface area contributed by atoms with Gasteiger partial charge in [-0.05, 0) is 18.1 Å². The van der Waals surface area contributed by atoms with Gasteiger partial charge in [0.2, 0.25) is 5.88 Å². The Morgan fingerprint density at radius 3 is 2.68 bits per heavy atom. The second kappa shape index (κ2) is 6.70. The fraction of sp³-hybridized carbons (Fsp3) is 0.353. The molecule has 2 aromatic heterocycles. The largest absolute Gasteiger partial charge is 0.468 e. The van der Waals surface area contributed by atoms with Crippen molar-refractivity contribution in [1.82, 2.24) is 14.9 Å². The van der Waals surface area contributed by atoms with E-state index in [0.717, 1.165) is 11.1 Å². The summed E-state index contributed by atoms with van der Waals surface area (Å²) in [6.45, 7) is 1.00. The number of alkyl halides is 3. The van der Waals surface area contributed by atoms with Crippen LogP contribution in [0.15, 0.2) is 36.8 Å². The molecule has 8 heteroatoms. The monoisotopic (exact) mass is 351 g/mol. The summed E-state index contributed by atoms with van der Waals surface area (Å²) in [5, 5.41) is 0. The molecule has 0 N–H and O–H groups in total. The van der Waals surface area contributed by atoms with Crippen molar-refractivity contribution < 1.29 is 22.7 Å². The van der Waals surface area contributed by atoms with Crippen LogP contribution in [0.25, 0.3) is 0 Å². The number of amides is 1. The summed E-state index contributed by atoms with van der Waals surface area (Å²) in [6.07, 6.45) is 0.946. The maximum atomic E-state index is 12.6. The van der Waals surface area contributed by atoms with E-state index in [9.17, 15) is 18.0 Å². The number of ether oxygens (including phenoxy) is 1. The average molecular weight is 351 g/mol. The molecule has 0 aromatic carbocycles. The highest BCUT2D eigenvalue weighted by Gasteiger charge is 2.33. The third-order valence-corrected chi connectivity index (χ3v) is 4.03. The minimum Gasteiger partial charge on any atom is -0.468 e. The van der Waals surface area contributed by atoms with Crippen molar-refractivity contribution in [3.63, 3.8) is 0 Å². The lowest BCUT2D eigenvalue weighted by Crippen LogP contribution is -2.29. The highest BCUT2D eigenvalue weighted by atomic mass is 19.4. The molecule has 3 heterocycles. The third kappa shape index (κ3) is 3.72. The maximum Gasteiger partial charge on any atom is 0.422 e. The van der Waals surface area contributed by atoms with Gasteiger partial charge in [-0.1, -0.05) is 13.0 Å². The standard InChI is InChI=1S/C17H16F3N3O2/c1-2-14(23-9-12-7-21-6-5-13(12)16(23)24)11-3-4-15(22-8-11)25-10-17(18,19)20/h3-8,14H,2,9-10H2,1H3. The fourth-order valence-corrected chi connectivity index (χ4v) is 2.89. The zero-order chi connectivity index (χ0) is 18.0. The molecule has 1 aliphatic heterocycles. The van der Waals surface area contributed by atoms with E-state index in [2.05, 4.69) is 14.7 Å². The first-order valence-electron chi connectivity index (χ1n) is 7.78. The summed E-state index contributed by atoms with van der Waals surface area (Å²) in [6, 6.07) is 4.50. The minimum absolute atomic E-state index is 0.0818. The lowest BCUT2D eigenvalue weighted by molar-refractivity contribution is -0.154. The van der Waals surface area contributed by atoms with Crippen molar-refractivity contribution in [2.45, 2.75) is 32.1 Å². The molecule has 1 amide bonds. The van der Waals surface area contributed by atoms with Gasteiger partial charge < -0.3 is 9.64 Å². The molecular weight excluding hydrogens is 335 g/mol. The Morgan fingerprint density at radius 2 is 2.08 bits per heavy atom. The first kappa shape index (κ1) is 17.2. The molecule has 1 aliphatic rings. The Morgan fingerprint density at radius 1 is 1.28 bits per heavy atom. The summed E-state index contributed by atoms with van der Waals surface area (Å²) in [4.78, 5) is 22.3. The van der Waals surface area contributed by atoms with E-state index in [4.69, 9.17) is 0 Å². The summed E-state index contributed by atoms with van der Waals surface area (Å²) in [7, 11) is 0. The summed E-state index contributed by atoms with van der Waals surface area (Å²) in [5.41, 5.74) is 2.24. The zero-order valence-corrected chi connectivity index (χ0v) is 13.5. The van der Waals surface area contributed by atoms with E-state index in [1.807, 2.05) is 6.92 Å². The smallest absolute Gasteiger partial charge is 0.422 e. The van der Waals surface area contributed by atoms with Crippen molar-refractivity contribution >= 4 is 5.91 Å². The number of carbonyl (C=O) groups excluding carboxylic acids is 1. The van der Waals surface area contributed by atoms with E-state index < -0.39 is 12.8 Å². The molecular formula is C17H16F3N3O2. The quantitative estimate of drug-likeness (QED) is 0.827. The molecule has 0 fully saturated rings. The van der Waals surface area contributed by atoms with Gasteiger partial charge >= 0.3 is 6.18 Å². The number of fused-ring (bicyclic) bond motifs is 1. The van der Waals surface area contributed by atoms with Gasteiger partial charge in [0.1, 0.15) is 0 Å². The molecule has 1 atom stereocenters.